The summed E-state index contributed by atoms with van der Waals surface area (Å²) in [6.45, 7) is 2.60. The standard InChI is InChI=1S/C29H33NS/c1-29-13-12-18(29)9-11-22-24(15-29)31-28-25(22)19-4-2-3-5-20(19)27-26(28)21-10-8-16-6-7-17(16)14-23(21)30-27/h2-5,8,14,18-21,23,25,28,30H,6-7,9-13,15H2,1H3. The van der Waals surface area contributed by atoms with Crippen molar-refractivity contribution in [2.45, 2.75) is 69.6 Å². The molecule has 1 nitrogen and oxygen atoms in total. The van der Waals surface area contributed by atoms with Crippen LogP contribution >= 0.6 is 11.8 Å². The number of allylic oxidation sites excluding steroid dienone is 9. The zero-order valence-electron chi connectivity index (χ0n) is 18.6. The zero-order chi connectivity index (χ0) is 20.3. The molecule has 0 bridgehead atoms. The van der Waals surface area contributed by atoms with Gasteiger partial charge in [-0.3, -0.25) is 0 Å². The van der Waals surface area contributed by atoms with Crippen LogP contribution in [-0.4, -0.2) is 11.3 Å². The summed E-state index contributed by atoms with van der Waals surface area (Å²) in [5.41, 5.74) is 9.22. The monoisotopic (exact) mass is 427 g/mol. The van der Waals surface area contributed by atoms with E-state index in [0.29, 0.717) is 34.5 Å². The van der Waals surface area contributed by atoms with Gasteiger partial charge >= 0.3 is 0 Å². The molecule has 0 spiro atoms. The van der Waals surface area contributed by atoms with Gasteiger partial charge < -0.3 is 5.32 Å². The van der Waals surface area contributed by atoms with E-state index in [1.54, 1.807) is 16.8 Å². The maximum Gasteiger partial charge on any atom is 0.0516 e. The first-order valence-electron chi connectivity index (χ1n) is 12.8. The minimum Gasteiger partial charge on any atom is -0.381 e. The van der Waals surface area contributed by atoms with Crippen molar-refractivity contribution in [1.29, 1.82) is 0 Å². The summed E-state index contributed by atoms with van der Waals surface area (Å²) in [6.07, 6.45) is 26.0. The molecule has 8 atom stereocenters. The highest BCUT2D eigenvalue weighted by molar-refractivity contribution is 8.04. The molecule has 1 N–H and O–H groups in total. The van der Waals surface area contributed by atoms with Crippen LogP contribution in [0.2, 0.25) is 0 Å². The smallest absolute Gasteiger partial charge is 0.0516 e. The van der Waals surface area contributed by atoms with E-state index in [0.717, 1.165) is 11.8 Å². The van der Waals surface area contributed by atoms with Gasteiger partial charge in [-0.15, -0.1) is 11.8 Å². The molecule has 31 heavy (non-hydrogen) atoms. The molecule has 8 rings (SSSR count). The Morgan fingerprint density at radius 1 is 1.06 bits per heavy atom. The largest absolute Gasteiger partial charge is 0.381 e. The molecule has 2 fully saturated rings. The maximum atomic E-state index is 4.11. The molecule has 2 aliphatic heterocycles. The highest BCUT2D eigenvalue weighted by Gasteiger charge is 2.56. The van der Waals surface area contributed by atoms with Gasteiger partial charge in [0.2, 0.25) is 0 Å². The molecule has 0 aromatic rings. The Morgan fingerprint density at radius 2 is 1.97 bits per heavy atom. The summed E-state index contributed by atoms with van der Waals surface area (Å²) in [5, 5.41) is 4.80. The quantitative estimate of drug-likeness (QED) is 0.454. The predicted molar refractivity (Wildman–Crippen MR) is 129 cm³/mol. The molecule has 160 valence electrons. The average molecular weight is 428 g/mol. The van der Waals surface area contributed by atoms with Crippen LogP contribution < -0.4 is 5.32 Å². The molecule has 6 aliphatic carbocycles. The van der Waals surface area contributed by atoms with Gasteiger partial charge in [-0.1, -0.05) is 49.0 Å². The predicted octanol–water partition coefficient (Wildman–Crippen LogP) is 6.84. The van der Waals surface area contributed by atoms with Crippen LogP contribution in [-0.2, 0) is 0 Å². The van der Waals surface area contributed by atoms with Gasteiger partial charge in [0.15, 0.2) is 0 Å². The van der Waals surface area contributed by atoms with Crippen LogP contribution in [0.25, 0.3) is 0 Å². The molecule has 0 saturated heterocycles. The van der Waals surface area contributed by atoms with Gasteiger partial charge in [-0.05, 0) is 90.2 Å². The summed E-state index contributed by atoms with van der Waals surface area (Å²) >= 11 is 2.32. The number of fused-ring (bicyclic) bond motifs is 10. The number of rotatable bonds is 0. The average Bonchev–Trinajstić information content (AvgIpc) is 3.23. The molecule has 8 aliphatic rings. The third-order valence-electron chi connectivity index (χ3n) is 10.5. The SMILES string of the molecule is CC12CCC1CCC1=C(C2)SC2C3=C(NC4C=C5CCC5=CCC34)C3C=CC=CC3C12. The number of thioether (sulfide) groups is 1. The highest BCUT2D eigenvalue weighted by Crippen LogP contribution is 2.66. The Morgan fingerprint density at radius 3 is 2.81 bits per heavy atom. The minimum absolute atomic E-state index is 0.530. The highest BCUT2D eigenvalue weighted by atomic mass is 32.2. The van der Waals surface area contributed by atoms with Crippen molar-refractivity contribution in [1.82, 2.24) is 5.32 Å². The first-order chi connectivity index (χ1) is 15.2. The Balaban J connectivity index is 1.23. The van der Waals surface area contributed by atoms with Crippen LogP contribution in [0, 0.1) is 35.0 Å². The van der Waals surface area contributed by atoms with E-state index in [-0.39, 0.29) is 0 Å². The minimum atomic E-state index is 0.530. The van der Waals surface area contributed by atoms with Crippen molar-refractivity contribution in [3.63, 3.8) is 0 Å². The molecule has 0 aromatic heterocycles. The Hall–Kier alpha value is -1.41. The second kappa shape index (κ2) is 6.13. The van der Waals surface area contributed by atoms with Crippen LogP contribution in [0.1, 0.15) is 58.3 Å². The molecule has 2 saturated carbocycles. The second-order valence-electron chi connectivity index (χ2n) is 11.8. The van der Waals surface area contributed by atoms with E-state index in [1.807, 2.05) is 16.1 Å². The van der Waals surface area contributed by atoms with Crippen molar-refractivity contribution < 1.29 is 0 Å². The van der Waals surface area contributed by atoms with Crippen LogP contribution in [0.3, 0.4) is 0 Å². The summed E-state index contributed by atoms with van der Waals surface area (Å²) in [6, 6.07) is 0.530. The van der Waals surface area contributed by atoms with Gasteiger partial charge in [-0.25, -0.2) is 0 Å². The van der Waals surface area contributed by atoms with E-state index < -0.39 is 0 Å². The molecule has 8 unspecified atom stereocenters. The van der Waals surface area contributed by atoms with Crippen molar-refractivity contribution in [2.75, 3.05) is 0 Å². The normalized spacial score (nSPS) is 48.2. The topological polar surface area (TPSA) is 12.0 Å². The first kappa shape index (κ1) is 18.1. The Bertz CT molecular complexity index is 1070. The van der Waals surface area contributed by atoms with E-state index >= 15 is 0 Å². The van der Waals surface area contributed by atoms with Crippen molar-refractivity contribution in [3.05, 3.63) is 69.4 Å². The third-order valence-corrected chi connectivity index (χ3v) is 12.0. The molecule has 0 amide bonds. The molecular weight excluding hydrogens is 394 g/mol. The van der Waals surface area contributed by atoms with Gasteiger partial charge in [0, 0.05) is 28.7 Å². The van der Waals surface area contributed by atoms with Crippen LogP contribution in [0.4, 0.5) is 0 Å². The number of hydrogen-bond acceptors (Lipinski definition) is 2. The molecule has 2 heterocycles. The number of nitrogens with one attached hydrogen (secondary N) is 1. The van der Waals surface area contributed by atoms with Gasteiger partial charge in [0.05, 0.1) is 6.04 Å². The molecule has 2 heteroatoms. The lowest BCUT2D eigenvalue weighted by Crippen LogP contribution is -2.39. The third kappa shape index (κ3) is 2.31. The van der Waals surface area contributed by atoms with Crippen LogP contribution in [0.5, 0.6) is 0 Å². The lowest BCUT2D eigenvalue weighted by atomic mass is 9.59. The fraction of sp³-hybridized carbons (Fsp3) is 0.586. The Labute approximate surface area is 190 Å². The lowest BCUT2D eigenvalue weighted by Gasteiger charge is -2.47. The van der Waals surface area contributed by atoms with Gasteiger partial charge in [-0.2, -0.15) is 0 Å². The van der Waals surface area contributed by atoms with E-state index in [1.165, 1.54) is 51.4 Å². The number of hydrogen-bond donors (Lipinski definition) is 1. The lowest BCUT2D eigenvalue weighted by molar-refractivity contribution is 0.0499. The summed E-state index contributed by atoms with van der Waals surface area (Å²) in [5.74, 6) is 3.64. The molecule has 0 radical (unpaired) electrons. The summed E-state index contributed by atoms with van der Waals surface area (Å²) in [4.78, 5) is 1.82. The fourth-order valence-electron chi connectivity index (χ4n) is 8.51. The van der Waals surface area contributed by atoms with Gasteiger partial charge in [0.25, 0.3) is 0 Å². The second-order valence-corrected chi connectivity index (χ2v) is 13.0. The first-order valence-corrected chi connectivity index (χ1v) is 13.7. The van der Waals surface area contributed by atoms with E-state index in [9.17, 15) is 0 Å². The molecule has 0 aromatic carbocycles. The fourth-order valence-corrected chi connectivity index (χ4v) is 10.5. The zero-order valence-corrected chi connectivity index (χ0v) is 19.4. The van der Waals surface area contributed by atoms with Gasteiger partial charge in [0.1, 0.15) is 0 Å². The van der Waals surface area contributed by atoms with Crippen LogP contribution in [0.15, 0.2) is 69.4 Å². The van der Waals surface area contributed by atoms with Crippen molar-refractivity contribution >= 4 is 11.8 Å². The van der Waals surface area contributed by atoms with E-state index in [4.69, 9.17) is 0 Å². The Kier molecular flexibility index (Phi) is 3.57. The van der Waals surface area contributed by atoms with Crippen molar-refractivity contribution in [3.8, 4) is 0 Å². The van der Waals surface area contributed by atoms with E-state index in [2.05, 4.69) is 60.5 Å². The molecular formula is C29H33NS. The maximum absolute atomic E-state index is 4.11. The summed E-state index contributed by atoms with van der Waals surface area (Å²) < 4.78 is 0. The van der Waals surface area contributed by atoms with Crippen molar-refractivity contribution in [2.24, 2.45) is 35.0 Å². The summed E-state index contributed by atoms with van der Waals surface area (Å²) in [7, 11) is 0.